The summed E-state index contributed by atoms with van der Waals surface area (Å²) in [6.45, 7) is 1.12. The van der Waals surface area contributed by atoms with Gasteiger partial charge in [0.1, 0.15) is 17.1 Å². The predicted molar refractivity (Wildman–Crippen MR) is 111 cm³/mol. The lowest BCUT2D eigenvalue weighted by Gasteiger charge is -2.35. The van der Waals surface area contributed by atoms with Gasteiger partial charge in [-0.25, -0.2) is 0 Å². The standard InChI is InChI=1S/C23H23NO4S/c1-27-20-8-4-5-15-11-16(13-29-21(15)20)22(26)24-10-9-23(14-24)12-18(25)17-6-2-3-7-19(17)28-23/h2-8,16H,9-14H2,1H3. The summed E-state index contributed by atoms with van der Waals surface area (Å²) >= 11 is 1.70. The predicted octanol–water partition coefficient (Wildman–Crippen LogP) is 3.60. The number of benzene rings is 2. The molecule has 2 unspecified atom stereocenters. The summed E-state index contributed by atoms with van der Waals surface area (Å²) in [4.78, 5) is 28.9. The number of carbonyl (C=O) groups excluding carboxylic acids is 2. The maximum atomic E-state index is 13.3. The molecule has 2 atom stereocenters. The summed E-state index contributed by atoms with van der Waals surface area (Å²) in [5.74, 6) is 2.49. The van der Waals surface area contributed by atoms with Crippen molar-refractivity contribution < 1.29 is 19.1 Å². The van der Waals surface area contributed by atoms with Gasteiger partial charge in [-0.15, -0.1) is 11.8 Å². The van der Waals surface area contributed by atoms with Crippen molar-refractivity contribution in [2.24, 2.45) is 5.92 Å². The Hall–Kier alpha value is -2.47. The zero-order chi connectivity index (χ0) is 20.0. The van der Waals surface area contributed by atoms with Crippen LogP contribution in [0.2, 0.25) is 0 Å². The molecule has 1 amide bonds. The molecule has 5 rings (SSSR count). The number of para-hydroxylation sites is 1. The zero-order valence-electron chi connectivity index (χ0n) is 16.3. The number of rotatable bonds is 2. The van der Waals surface area contributed by atoms with E-state index in [1.54, 1.807) is 18.9 Å². The van der Waals surface area contributed by atoms with E-state index in [1.165, 1.54) is 5.56 Å². The van der Waals surface area contributed by atoms with Crippen molar-refractivity contribution in [3.05, 3.63) is 53.6 Å². The highest BCUT2D eigenvalue weighted by Crippen LogP contribution is 2.42. The summed E-state index contributed by atoms with van der Waals surface area (Å²) in [5.41, 5.74) is 1.24. The lowest BCUT2D eigenvalue weighted by Crippen LogP contribution is -2.46. The van der Waals surface area contributed by atoms with Crippen LogP contribution in [0, 0.1) is 5.92 Å². The fourth-order valence-electron chi connectivity index (χ4n) is 4.68. The fraction of sp³-hybridized carbons (Fsp3) is 0.391. The van der Waals surface area contributed by atoms with E-state index in [-0.39, 0.29) is 17.6 Å². The van der Waals surface area contributed by atoms with Gasteiger partial charge in [0.25, 0.3) is 0 Å². The normalized spacial score (nSPS) is 25.3. The van der Waals surface area contributed by atoms with Crippen LogP contribution in [0.1, 0.15) is 28.8 Å². The van der Waals surface area contributed by atoms with E-state index in [9.17, 15) is 9.59 Å². The molecular formula is C23H23NO4S. The van der Waals surface area contributed by atoms with E-state index in [2.05, 4.69) is 6.07 Å². The van der Waals surface area contributed by atoms with Crippen molar-refractivity contribution in [1.82, 2.24) is 4.90 Å². The minimum Gasteiger partial charge on any atom is -0.496 e. The largest absolute Gasteiger partial charge is 0.496 e. The molecule has 0 aromatic heterocycles. The highest BCUT2D eigenvalue weighted by atomic mass is 32.2. The molecule has 6 heteroatoms. The average Bonchev–Trinajstić information content (AvgIpc) is 3.15. The number of ketones is 1. The van der Waals surface area contributed by atoms with E-state index >= 15 is 0 Å². The monoisotopic (exact) mass is 409 g/mol. The van der Waals surface area contributed by atoms with Crippen LogP contribution < -0.4 is 9.47 Å². The second kappa shape index (κ2) is 7.10. The molecule has 3 aliphatic rings. The number of fused-ring (bicyclic) bond motifs is 2. The van der Waals surface area contributed by atoms with Crippen molar-refractivity contribution in [2.45, 2.75) is 29.8 Å². The molecule has 3 heterocycles. The maximum Gasteiger partial charge on any atom is 0.227 e. The first-order chi connectivity index (χ1) is 14.1. The quantitative estimate of drug-likeness (QED) is 0.759. The van der Waals surface area contributed by atoms with E-state index in [1.807, 2.05) is 41.3 Å². The Morgan fingerprint density at radius 1 is 1.24 bits per heavy atom. The van der Waals surface area contributed by atoms with Crippen molar-refractivity contribution in [3.63, 3.8) is 0 Å². The van der Waals surface area contributed by atoms with Crippen LogP contribution in [0.15, 0.2) is 47.4 Å². The van der Waals surface area contributed by atoms with E-state index in [0.29, 0.717) is 37.2 Å². The first-order valence-corrected chi connectivity index (χ1v) is 11.0. The summed E-state index contributed by atoms with van der Waals surface area (Å²) in [6, 6.07) is 13.4. The number of Topliss-reactive ketones (excluding diaryl/α,β-unsaturated/α-hetero) is 1. The van der Waals surface area contributed by atoms with Crippen LogP contribution in [0.5, 0.6) is 11.5 Å². The number of nitrogens with zero attached hydrogens (tertiary/aromatic N) is 1. The van der Waals surface area contributed by atoms with Crippen LogP contribution >= 0.6 is 11.8 Å². The van der Waals surface area contributed by atoms with Gasteiger partial charge >= 0.3 is 0 Å². The molecule has 3 aliphatic heterocycles. The third-order valence-corrected chi connectivity index (χ3v) is 7.47. The number of amides is 1. The second-order valence-electron chi connectivity index (χ2n) is 8.05. The van der Waals surface area contributed by atoms with Crippen LogP contribution in [0.3, 0.4) is 0 Å². The summed E-state index contributed by atoms with van der Waals surface area (Å²) in [6.07, 6.45) is 1.76. The number of carbonyl (C=O) groups is 2. The van der Waals surface area contributed by atoms with Crippen LogP contribution in [0.25, 0.3) is 0 Å². The second-order valence-corrected chi connectivity index (χ2v) is 9.08. The van der Waals surface area contributed by atoms with Gasteiger partial charge in [0.15, 0.2) is 5.78 Å². The van der Waals surface area contributed by atoms with Crippen molar-refractivity contribution in [2.75, 3.05) is 26.0 Å². The number of hydrogen-bond donors (Lipinski definition) is 0. The molecular weight excluding hydrogens is 386 g/mol. The molecule has 1 saturated heterocycles. The van der Waals surface area contributed by atoms with Crippen LogP contribution in [-0.2, 0) is 11.2 Å². The van der Waals surface area contributed by atoms with Gasteiger partial charge in [0, 0.05) is 18.7 Å². The Morgan fingerprint density at radius 3 is 2.97 bits per heavy atom. The Morgan fingerprint density at radius 2 is 2.10 bits per heavy atom. The number of methoxy groups -OCH3 is 1. The van der Waals surface area contributed by atoms with Gasteiger partial charge in [-0.1, -0.05) is 24.3 Å². The molecule has 0 N–H and O–H groups in total. The Kier molecular flexibility index (Phi) is 4.54. The number of hydrogen-bond acceptors (Lipinski definition) is 5. The molecule has 0 saturated carbocycles. The van der Waals surface area contributed by atoms with Crippen LogP contribution in [0.4, 0.5) is 0 Å². The number of thioether (sulfide) groups is 1. The average molecular weight is 410 g/mol. The number of ether oxygens (including phenoxy) is 2. The Balaban J connectivity index is 1.31. The SMILES string of the molecule is COc1cccc2c1SCC(C(=O)N1CCC3(CC(=O)c4ccccc4O3)C1)C2. The van der Waals surface area contributed by atoms with E-state index < -0.39 is 5.60 Å². The van der Waals surface area contributed by atoms with Gasteiger partial charge in [-0.2, -0.15) is 0 Å². The molecule has 0 radical (unpaired) electrons. The maximum absolute atomic E-state index is 13.3. The molecule has 29 heavy (non-hydrogen) atoms. The molecule has 2 aromatic rings. The zero-order valence-corrected chi connectivity index (χ0v) is 17.2. The van der Waals surface area contributed by atoms with Gasteiger partial charge in [0.05, 0.1) is 36.5 Å². The topological polar surface area (TPSA) is 55.8 Å². The van der Waals surface area contributed by atoms with Gasteiger partial charge in [-0.05, 0) is 30.2 Å². The molecule has 150 valence electrons. The minimum atomic E-state index is -0.579. The Labute approximate surface area is 174 Å². The van der Waals surface area contributed by atoms with Crippen molar-refractivity contribution in [3.8, 4) is 11.5 Å². The van der Waals surface area contributed by atoms with Gasteiger partial charge in [0.2, 0.25) is 5.91 Å². The fourth-order valence-corrected chi connectivity index (χ4v) is 5.93. The smallest absolute Gasteiger partial charge is 0.227 e. The summed E-state index contributed by atoms with van der Waals surface area (Å²) in [7, 11) is 1.68. The Bertz CT molecular complexity index is 991. The highest BCUT2D eigenvalue weighted by Gasteiger charge is 2.47. The molecule has 1 fully saturated rings. The molecule has 5 nitrogen and oxygen atoms in total. The van der Waals surface area contributed by atoms with E-state index in [0.717, 1.165) is 22.8 Å². The highest BCUT2D eigenvalue weighted by molar-refractivity contribution is 7.99. The molecule has 0 bridgehead atoms. The third kappa shape index (κ3) is 3.19. The third-order valence-electron chi connectivity index (χ3n) is 6.15. The first-order valence-electron chi connectivity index (χ1n) is 9.97. The summed E-state index contributed by atoms with van der Waals surface area (Å²) in [5, 5.41) is 0. The van der Waals surface area contributed by atoms with Crippen molar-refractivity contribution >= 4 is 23.5 Å². The van der Waals surface area contributed by atoms with Crippen LogP contribution in [-0.4, -0.2) is 48.1 Å². The molecule has 1 spiro atoms. The summed E-state index contributed by atoms with van der Waals surface area (Å²) < 4.78 is 11.7. The van der Waals surface area contributed by atoms with Gasteiger partial charge in [-0.3, -0.25) is 9.59 Å². The van der Waals surface area contributed by atoms with Crippen molar-refractivity contribution in [1.29, 1.82) is 0 Å². The lowest BCUT2D eigenvalue weighted by atomic mass is 9.89. The van der Waals surface area contributed by atoms with E-state index in [4.69, 9.17) is 9.47 Å². The molecule has 0 aliphatic carbocycles. The first kappa shape index (κ1) is 18.6. The lowest BCUT2D eigenvalue weighted by molar-refractivity contribution is -0.134. The number of likely N-dealkylation sites (tertiary alicyclic amines) is 1. The molecule has 2 aromatic carbocycles. The minimum absolute atomic E-state index is 0.0543. The van der Waals surface area contributed by atoms with Gasteiger partial charge < -0.3 is 14.4 Å².